The fourth-order valence-electron chi connectivity index (χ4n) is 2.44. The summed E-state index contributed by atoms with van der Waals surface area (Å²) >= 11 is 0. The van der Waals surface area contributed by atoms with Crippen molar-refractivity contribution < 1.29 is 4.79 Å². The largest absolute Gasteiger partial charge is 0.370 e. The molecule has 1 aliphatic rings. The van der Waals surface area contributed by atoms with Gasteiger partial charge in [-0.05, 0) is 38.0 Å². The van der Waals surface area contributed by atoms with Crippen molar-refractivity contribution in [3.8, 4) is 0 Å². The lowest BCUT2D eigenvalue weighted by Gasteiger charge is -2.27. The minimum absolute atomic E-state index is 0.114. The number of anilines is 1. The number of rotatable bonds is 6. The number of H-pyrrole nitrogens is 1. The second-order valence-electron chi connectivity index (χ2n) is 5.99. The Kier molecular flexibility index (Phi) is 4.13. The van der Waals surface area contributed by atoms with Crippen molar-refractivity contribution in [3.63, 3.8) is 0 Å². The van der Waals surface area contributed by atoms with E-state index in [0.717, 1.165) is 11.4 Å². The van der Waals surface area contributed by atoms with Gasteiger partial charge in [-0.2, -0.15) is 5.10 Å². The van der Waals surface area contributed by atoms with E-state index in [0.29, 0.717) is 18.2 Å². The molecular weight excluding hydrogens is 276 g/mol. The van der Waals surface area contributed by atoms with E-state index >= 15 is 0 Å². The van der Waals surface area contributed by atoms with Gasteiger partial charge in [-0.15, -0.1) is 0 Å². The highest BCUT2D eigenvalue weighted by molar-refractivity contribution is 5.92. The first-order chi connectivity index (χ1) is 10.6. The van der Waals surface area contributed by atoms with E-state index < -0.39 is 0 Å². The fraction of sp³-hybridized carbons (Fsp3) is 0.412. The molecule has 5 nitrogen and oxygen atoms in total. The number of para-hydroxylation sites is 1. The number of hydrogen-bond acceptors (Lipinski definition) is 3. The van der Waals surface area contributed by atoms with E-state index in [2.05, 4.69) is 39.5 Å². The Hall–Kier alpha value is -2.30. The quantitative estimate of drug-likeness (QED) is 0.861. The number of nitrogens with one attached hydrogen (secondary N) is 2. The molecule has 1 amide bonds. The number of hydrogen-bond donors (Lipinski definition) is 2. The van der Waals surface area contributed by atoms with Gasteiger partial charge in [0.2, 0.25) is 0 Å². The zero-order chi connectivity index (χ0) is 15.5. The van der Waals surface area contributed by atoms with Crippen LogP contribution in [-0.4, -0.2) is 35.7 Å². The predicted molar refractivity (Wildman–Crippen MR) is 87.2 cm³/mol. The van der Waals surface area contributed by atoms with Gasteiger partial charge >= 0.3 is 0 Å². The van der Waals surface area contributed by atoms with E-state index in [1.807, 2.05) is 31.3 Å². The van der Waals surface area contributed by atoms with Gasteiger partial charge in [-0.25, -0.2) is 0 Å². The van der Waals surface area contributed by atoms with Crippen LogP contribution in [-0.2, 0) is 0 Å². The van der Waals surface area contributed by atoms with E-state index in [1.54, 1.807) is 0 Å². The molecule has 1 unspecified atom stereocenters. The zero-order valence-electron chi connectivity index (χ0n) is 13.0. The average molecular weight is 298 g/mol. The van der Waals surface area contributed by atoms with Crippen LogP contribution in [0.2, 0.25) is 0 Å². The van der Waals surface area contributed by atoms with Crippen molar-refractivity contribution in [2.75, 3.05) is 18.5 Å². The number of likely N-dealkylation sites (N-methyl/N-ethyl adjacent to an activating group) is 1. The molecule has 116 valence electrons. The van der Waals surface area contributed by atoms with Crippen molar-refractivity contribution in [3.05, 3.63) is 47.8 Å². The number of amides is 1. The highest BCUT2D eigenvalue weighted by Gasteiger charge is 2.26. The Morgan fingerprint density at radius 2 is 2.14 bits per heavy atom. The molecule has 0 aliphatic heterocycles. The third-order valence-electron chi connectivity index (χ3n) is 4.23. The molecule has 2 aromatic rings. The maximum absolute atomic E-state index is 12.2. The molecule has 1 saturated carbocycles. The number of benzene rings is 1. The molecule has 1 fully saturated rings. The summed E-state index contributed by atoms with van der Waals surface area (Å²) in [5.41, 5.74) is 2.70. The van der Waals surface area contributed by atoms with Gasteiger partial charge in [0.05, 0.1) is 0 Å². The Bertz CT molecular complexity index is 633. The molecule has 0 bridgehead atoms. The summed E-state index contributed by atoms with van der Waals surface area (Å²) < 4.78 is 0. The topological polar surface area (TPSA) is 61.0 Å². The molecule has 1 aromatic carbocycles. The van der Waals surface area contributed by atoms with E-state index in [-0.39, 0.29) is 11.9 Å². The van der Waals surface area contributed by atoms with Gasteiger partial charge in [0.1, 0.15) is 5.69 Å². The molecule has 0 spiro atoms. The molecule has 5 heteroatoms. The van der Waals surface area contributed by atoms with Crippen LogP contribution in [0.25, 0.3) is 0 Å². The van der Waals surface area contributed by atoms with Gasteiger partial charge in [-0.3, -0.25) is 9.89 Å². The third kappa shape index (κ3) is 3.30. The molecule has 1 atom stereocenters. The summed E-state index contributed by atoms with van der Waals surface area (Å²) in [6.45, 7) is 2.67. The van der Waals surface area contributed by atoms with Crippen molar-refractivity contribution in [2.45, 2.75) is 31.7 Å². The van der Waals surface area contributed by atoms with Gasteiger partial charge in [0.25, 0.3) is 5.91 Å². The van der Waals surface area contributed by atoms with Gasteiger partial charge in [0, 0.05) is 36.9 Å². The van der Waals surface area contributed by atoms with E-state index in [1.165, 1.54) is 12.8 Å². The van der Waals surface area contributed by atoms with Crippen molar-refractivity contribution >= 4 is 11.6 Å². The first kappa shape index (κ1) is 14.6. The normalized spacial score (nSPS) is 15.4. The number of carbonyl (C=O) groups is 1. The number of carbonyl (C=O) groups excluding carboxylic acids is 1. The lowest BCUT2D eigenvalue weighted by Crippen LogP contribution is -2.40. The van der Waals surface area contributed by atoms with E-state index in [9.17, 15) is 4.79 Å². The van der Waals surface area contributed by atoms with Crippen LogP contribution in [0.3, 0.4) is 0 Å². The average Bonchev–Trinajstić information content (AvgIpc) is 3.29. The second-order valence-corrected chi connectivity index (χ2v) is 5.99. The van der Waals surface area contributed by atoms with Gasteiger partial charge < -0.3 is 10.2 Å². The summed E-state index contributed by atoms with van der Waals surface area (Å²) in [6.07, 6.45) is 2.39. The number of nitrogens with zero attached hydrogens (tertiary/aromatic N) is 2. The van der Waals surface area contributed by atoms with Gasteiger partial charge in [0.15, 0.2) is 0 Å². The van der Waals surface area contributed by atoms with Crippen LogP contribution in [0.1, 0.15) is 41.9 Å². The smallest absolute Gasteiger partial charge is 0.271 e. The van der Waals surface area contributed by atoms with Crippen molar-refractivity contribution in [2.24, 2.45) is 0 Å². The molecule has 3 rings (SSSR count). The zero-order valence-corrected chi connectivity index (χ0v) is 13.0. The highest BCUT2D eigenvalue weighted by atomic mass is 16.1. The SMILES string of the molecule is CC(CNC(=O)c1cc(C2CC2)[nH]n1)N(C)c1ccccc1. The summed E-state index contributed by atoms with van der Waals surface area (Å²) in [6, 6.07) is 12.2. The van der Waals surface area contributed by atoms with Crippen molar-refractivity contribution in [1.82, 2.24) is 15.5 Å². The fourth-order valence-corrected chi connectivity index (χ4v) is 2.44. The summed E-state index contributed by atoms with van der Waals surface area (Å²) in [4.78, 5) is 14.3. The van der Waals surface area contributed by atoms with Crippen molar-refractivity contribution in [1.29, 1.82) is 0 Å². The van der Waals surface area contributed by atoms with Crippen LogP contribution < -0.4 is 10.2 Å². The summed E-state index contributed by atoms with van der Waals surface area (Å²) in [7, 11) is 2.03. The number of aromatic nitrogens is 2. The van der Waals surface area contributed by atoms with Crippen LogP contribution in [0.15, 0.2) is 36.4 Å². The Balaban J connectivity index is 1.53. The van der Waals surface area contributed by atoms with E-state index in [4.69, 9.17) is 0 Å². The molecular formula is C17H22N4O. The van der Waals surface area contributed by atoms with Gasteiger partial charge in [-0.1, -0.05) is 18.2 Å². The Labute approximate surface area is 130 Å². The standard InChI is InChI=1S/C17H22N4O/c1-12(21(2)14-6-4-3-5-7-14)11-18-17(22)16-10-15(19-20-16)13-8-9-13/h3-7,10,12-13H,8-9,11H2,1-2H3,(H,18,22)(H,19,20). The molecule has 0 radical (unpaired) electrons. The molecule has 2 N–H and O–H groups in total. The maximum Gasteiger partial charge on any atom is 0.271 e. The third-order valence-corrected chi connectivity index (χ3v) is 4.23. The molecule has 1 heterocycles. The minimum Gasteiger partial charge on any atom is -0.370 e. The lowest BCUT2D eigenvalue weighted by molar-refractivity contribution is 0.0946. The van der Waals surface area contributed by atoms with Crippen LogP contribution in [0.5, 0.6) is 0 Å². The lowest BCUT2D eigenvalue weighted by atomic mass is 10.2. The highest BCUT2D eigenvalue weighted by Crippen LogP contribution is 2.38. The van der Waals surface area contributed by atoms with Crippen LogP contribution in [0.4, 0.5) is 5.69 Å². The predicted octanol–water partition coefficient (Wildman–Crippen LogP) is 2.54. The first-order valence-corrected chi connectivity index (χ1v) is 7.76. The Morgan fingerprint density at radius 1 is 1.41 bits per heavy atom. The first-order valence-electron chi connectivity index (χ1n) is 7.76. The molecule has 22 heavy (non-hydrogen) atoms. The second kappa shape index (κ2) is 6.22. The monoisotopic (exact) mass is 298 g/mol. The molecule has 1 aromatic heterocycles. The molecule has 0 saturated heterocycles. The van der Waals surface area contributed by atoms with Crippen LogP contribution >= 0.6 is 0 Å². The van der Waals surface area contributed by atoms with Crippen LogP contribution in [0, 0.1) is 0 Å². The summed E-state index contributed by atoms with van der Waals surface area (Å²) in [5, 5.41) is 10.0. The number of aromatic amines is 1. The summed E-state index contributed by atoms with van der Waals surface area (Å²) in [5.74, 6) is 0.466. The minimum atomic E-state index is -0.114. The Morgan fingerprint density at radius 3 is 2.82 bits per heavy atom. The molecule has 1 aliphatic carbocycles. The maximum atomic E-state index is 12.2.